The predicted molar refractivity (Wildman–Crippen MR) is 62.2 cm³/mol. The van der Waals surface area contributed by atoms with Gasteiger partial charge in [0.05, 0.1) is 10.6 Å². The molecule has 0 aliphatic rings. The molecule has 1 unspecified atom stereocenters. The molecule has 0 heterocycles. The van der Waals surface area contributed by atoms with Gasteiger partial charge in [0, 0.05) is 20.1 Å². The van der Waals surface area contributed by atoms with Gasteiger partial charge in [0.25, 0.3) is 0 Å². The first kappa shape index (κ1) is 13.4. The second-order valence-electron chi connectivity index (χ2n) is 4.16. The van der Waals surface area contributed by atoms with Crippen LogP contribution in [-0.2, 0) is 11.2 Å². The van der Waals surface area contributed by atoms with Crippen LogP contribution in [0.4, 0.5) is 4.39 Å². The highest BCUT2D eigenvalue weighted by molar-refractivity contribution is 6.30. The summed E-state index contributed by atoms with van der Waals surface area (Å²) in [6.45, 7) is 2.18. The third kappa shape index (κ3) is 4.08. The summed E-state index contributed by atoms with van der Waals surface area (Å²) in [7, 11) is 1.58. The number of benzene rings is 1. The van der Waals surface area contributed by atoms with E-state index >= 15 is 0 Å². The monoisotopic (exact) mass is 246 g/mol. The highest BCUT2D eigenvalue weighted by Crippen LogP contribution is 2.21. The maximum absolute atomic E-state index is 13.2. The molecule has 0 aliphatic heterocycles. The smallest absolute Gasteiger partial charge is 0.142 e. The number of halogens is 2. The van der Waals surface area contributed by atoms with E-state index in [1.807, 2.05) is 0 Å². The summed E-state index contributed by atoms with van der Waals surface area (Å²) in [6, 6.07) is 4.56. The van der Waals surface area contributed by atoms with Crippen LogP contribution in [0.5, 0.6) is 0 Å². The highest BCUT2D eigenvalue weighted by atomic mass is 35.5. The van der Waals surface area contributed by atoms with Crippen molar-refractivity contribution in [2.45, 2.75) is 25.4 Å². The average molecular weight is 247 g/mol. The molecule has 1 rings (SSSR count). The molecular weight excluding hydrogens is 231 g/mol. The zero-order valence-corrected chi connectivity index (χ0v) is 10.2. The summed E-state index contributed by atoms with van der Waals surface area (Å²) in [5, 5.41) is 10.1. The summed E-state index contributed by atoms with van der Waals surface area (Å²) in [6.07, 6.45) is 0.887. The van der Waals surface area contributed by atoms with E-state index < -0.39 is 11.4 Å². The maximum Gasteiger partial charge on any atom is 0.142 e. The van der Waals surface area contributed by atoms with Gasteiger partial charge in [-0.2, -0.15) is 0 Å². The average Bonchev–Trinajstić information content (AvgIpc) is 2.20. The number of hydrogen-bond acceptors (Lipinski definition) is 2. The summed E-state index contributed by atoms with van der Waals surface area (Å²) in [4.78, 5) is 0. The van der Waals surface area contributed by atoms with E-state index in [1.54, 1.807) is 20.1 Å². The molecule has 4 heteroatoms. The Morgan fingerprint density at radius 3 is 2.75 bits per heavy atom. The summed E-state index contributed by atoms with van der Waals surface area (Å²) in [5.74, 6) is -0.457. The van der Waals surface area contributed by atoms with Crippen molar-refractivity contribution < 1.29 is 14.2 Å². The van der Waals surface area contributed by atoms with E-state index in [0.29, 0.717) is 19.4 Å². The van der Waals surface area contributed by atoms with Crippen molar-refractivity contribution in [2.75, 3.05) is 13.7 Å². The van der Waals surface area contributed by atoms with Crippen molar-refractivity contribution in [1.29, 1.82) is 0 Å². The van der Waals surface area contributed by atoms with Gasteiger partial charge < -0.3 is 9.84 Å². The second-order valence-corrected chi connectivity index (χ2v) is 4.57. The van der Waals surface area contributed by atoms with Crippen molar-refractivity contribution in [3.8, 4) is 0 Å². The van der Waals surface area contributed by atoms with Gasteiger partial charge >= 0.3 is 0 Å². The van der Waals surface area contributed by atoms with Crippen molar-refractivity contribution in [3.05, 3.63) is 34.6 Å². The fourth-order valence-corrected chi connectivity index (χ4v) is 1.62. The van der Waals surface area contributed by atoms with Crippen LogP contribution in [0.1, 0.15) is 18.9 Å². The molecule has 0 radical (unpaired) electrons. The summed E-state index contributed by atoms with van der Waals surface area (Å²) in [5.41, 5.74) is -0.168. The van der Waals surface area contributed by atoms with Gasteiger partial charge in [-0.1, -0.05) is 17.7 Å². The molecule has 0 saturated heterocycles. The summed E-state index contributed by atoms with van der Waals surface area (Å²) < 4.78 is 18.1. The lowest BCUT2D eigenvalue weighted by Gasteiger charge is -2.23. The van der Waals surface area contributed by atoms with Gasteiger partial charge in [-0.3, -0.25) is 0 Å². The molecule has 2 nitrogen and oxygen atoms in total. The van der Waals surface area contributed by atoms with Crippen LogP contribution in [0.25, 0.3) is 0 Å². The number of hydrogen-bond donors (Lipinski definition) is 1. The number of ether oxygens (including phenoxy) is 1. The Hall–Kier alpha value is -0.640. The molecule has 0 aromatic heterocycles. The molecule has 0 aliphatic carbocycles. The topological polar surface area (TPSA) is 29.5 Å². The van der Waals surface area contributed by atoms with Crippen LogP contribution in [-0.4, -0.2) is 24.4 Å². The van der Waals surface area contributed by atoms with E-state index in [4.69, 9.17) is 16.3 Å². The fourth-order valence-electron chi connectivity index (χ4n) is 1.50. The van der Waals surface area contributed by atoms with Gasteiger partial charge in [0.15, 0.2) is 0 Å². The van der Waals surface area contributed by atoms with E-state index in [2.05, 4.69) is 0 Å². The highest BCUT2D eigenvalue weighted by Gasteiger charge is 2.20. The maximum atomic E-state index is 13.2. The van der Waals surface area contributed by atoms with Crippen LogP contribution in [0, 0.1) is 5.82 Å². The van der Waals surface area contributed by atoms with E-state index in [9.17, 15) is 9.50 Å². The van der Waals surface area contributed by atoms with Gasteiger partial charge in [-0.15, -0.1) is 0 Å². The van der Waals surface area contributed by atoms with Crippen LogP contribution >= 0.6 is 11.6 Å². The minimum Gasteiger partial charge on any atom is -0.390 e. The molecule has 1 N–H and O–H groups in total. The first-order chi connectivity index (χ1) is 7.44. The van der Waals surface area contributed by atoms with Gasteiger partial charge in [0.2, 0.25) is 0 Å². The van der Waals surface area contributed by atoms with Crippen LogP contribution in [0.2, 0.25) is 5.02 Å². The van der Waals surface area contributed by atoms with Crippen LogP contribution in [0.3, 0.4) is 0 Å². The molecule has 0 saturated carbocycles. The predicted octanol–water partition coefficient (Wildman–Crippen LogP) is 2.81. The Labute approximate surface area is 100.0 Å². The Balaban J connectivity index is 2.68. The largest absolute Gasteiger partial charge is 0.390 e. The van der Waals surface area contributed by atoms with Crippen LogP contribution < -0.4 is 0 Å². The van der Waals surface area contributed by atoms with Crippen molar-refractivity contribution in [2.24, 2.45) is 0 Å². The molecule has 16 heavy (non-hydrogen) atoms. The molecule has 0 bridgehead atoms. The Kier molecular flexibility index (Phi) is 4.71. The zero-order valence-electron chi connectivity index (χ0n) is 9.46. The van der Waals surface area contributed by atoms with E-state index in [-0.39, 0.29) is 5.02 Å². The number of rotatable bonds is 5. The van der Waals surface area contributed by atoms with Crippen molar-refractivity contribution in [1.82, 2.24) is 0 Å². The van der Waals surface area contributed by atoms with Crippen molar-refractivity contribution in [3.63, 3.8) is 0 Å². The van der Waals surface area contributed by atoms with Crippen molar-refractivity contribution >= 4 is 11.6 Å². The Bertz CT molecular complexity index is 353. The van der Waals surface area contributed by atoms with Gasteiger partial charge in [-0.05, 0) is 31.0 Å². The Morgan fingerprint density at radius 2 is 2.19 bits per heavy atom. The molecule has 90 valence electrons. The molecule has 0 spiro atoms. The summed E-state index contributed by atoms with van der Waals surface area (Å²) >= 11 is 5.58. The van der Waals surface area contributed by atoms with Crippen LogP contribution in [0.15, 0.2) is 18.2 Å². The Morgan fingerprint density at radius 1 is 1.50 bits per heavy atom. The molecule has 0 fully saturated rings. The van der Waals surface area contributed by atoms with Gasteiger partial charge in [0.1, 0.15) is 5.82 Å². The first-order valence-electron chi connectivity index (χ1n) is 5.10. The zero-order chi connectivity index (χ0) is 12.2. The lowest BCUT2D eigenvalue weighted by Crippen LogP contribution is -2.28. The lowest BCUT2D eigenvalue weighted by atomic mass is 9.93. The number of methoxy groups -OCH3 is 1. The van der Waals surface area contributed by atoms with E-state index in [1.165, 1.54) is 12.1 Å². The molecule has 0 amide bonds. The van der Waals surface area contributed by atoms with E-state index in [0.717, 1.165) is 5.56 Å². The first-order valence-corrected chi connectivity index (χ1v) is 5.48. The second kappa shape index (κ2) is 5.62. The minimum absolute atomic E-state index is 0.0975. The molecule has 1 aromatic rings. The third-order valence-electron chi connectivity index (χ3n) is 2.41. The standard InChI is InChI=1S/C12H16ClFO2/c1-12(15,5-6-16-2)8-9-3-4-10(13)11(14)7-9/h3-4,7,15H,5-6,8H2,1-2H3. The molecular formula is C12H16ClFO2. The molecule has 1 aromatic carbocycles. The molecule has 1 atom stereocenters. The lowest BCUT2D eigenvalue weighted by molar-refractivity contribution is 0.0249. The fraction of sp³-hybridized carbons (Fsp3) is 0.500. The minimum atomic E-state index is -0.893. The normalized spacial score (nSPS) is 14.8. The SMILES string of the molecule is COCCC(C)(O)Cc1ccc(Cl)c(F)c1. The quantitative estimate of drug-likeness (QED) is 0.866. The number of aliphatic hydroxyl groups is 1. The third-order valence-corrected chi connectivity index (χ3v) is 2.72. The van der Waals surface area contributed by atoms with Gasteiger partial charge in [-0.25, -0.2) is 4.39 Å².